The average molecular weight is 247 g/mol. The number of hydrogen-bond donors (Lipinski definition) is 1. The molecule has 0 radical (unpaired) electrons. The van der Waals surface area contributed by atoms with Crippen molar-refractivity contribution in [3.8, 4) is 0 Å². The van der Waals surface area contributed by atoms with E-state index in [2.05, 4.69) is 10.1 Å². The van der Waals surface area contributed by atoms with Gasteiger partial charge in [-0.1, -0.05) is 35.5 Å². The van der Waals surface area contributed by atoms with Crippen LogP contribution in [0.3, 0.4) is 0 Å². The van der Waals surface area contributed by atoms with E-state index in [1.54, 1.807) is 0 Å². The molecule has 0 bridgehead atoms. The molecule has 0 fully saturated rings. The number of aromatic nitrogens is 2. The van der Waals surface area contributed by atoms with Crippen molar-refractivity contribution in [3.63, 3.8) is 0 Å². The Bertz CT molecular complexity index is 470. The Kier molecular flexibility index (Phi) is 4.44. The molecule has 96 valence electrons. The molecular formula is C13H17N3O2. The summed E-state index contributed by atoms with van der Waals surface area (Å²) in [6.45, 7) is 2.95. The summed E-state index contributed by atoms with van der Waals surface area (Å²) in [5.74, 6) is 1.07. The van der Waals surface area contributed by atoms with Crippen LogP contribution in [-0.4, -0.2) is 23.4 Å². The first-order valence-electron chi connectivity index (χ1n) is 5.99. The van der Waals surface area contributed by atoms with Crippen molar-refractivity contribution >= 4 is 0 Å². The molecule has 0 saturated carbocycles. The van der Waals surface area contributed by atoms with Gasteiger partial charge in [0.25, 0.3) is 0 Å². The Labute approximate surface area is 106 Å². The molecule has 0 aliphatic heterocycles. The Morgan fingerprint density at radius 1 is 1.33 bits per heavy atom. The van der Waals surface area contributed by atoms with Crippen LogP contribution in [0.25, 0.3) is 0 Å². The fourth-order valence-corrected chi connectivity index (χ4v) is 1.58. The van der Waals surface area contributed by atoms with E-state index >= 15 is 0 Å². The zero-order chi connectivity index (χ0) is 12.8. The van der Waals surface area contributed by atoms with Gasteiger partial charge in [0.05, 0.1) is 19.1 Å². The second-order valence-electron chi connectivity index (χ2n) is 3.97. The minimum Gasteiger partial charge on any atom is -0.380 e. The Hall–Kier alpha value is -1.72. The maximum Gasteiger partial charge on any atom is 0.231 e. The number of hydrogen-bond acceptors (Lipinski definition) is 5. The van der Waals surface area contributed by atoms with E-state index in [4.69, 9.17) is 15.0 Å². The normalized spacial score (nSPS) is 12.6. The van der Waals surface area contributed by atoms with Crippen LogP contribution in [-0.2, 0) is 11.2 Å². The quantitative estimate of drug-likeness (QED) is 0.840. The van der Waals surface area contributed by atoms with E-state index < -0.39 is 0 Å². The minimum atomic E-state index is -0.335. The van der Waals surface area contributed by atoms with E-state index in [1.807, 2.05) is 37.3 Å². The van der Waals surface area contributed by atoms with E-state index in [1.165, 1.54) is 0 Å². The zero-order valence-corrected chi connectivity index (χ0v) is 10.4. The van der Waals surface area contributed by atoms with Crippen molar-refractivity contribution in [2.75, 3.05) is 13.2 Å². The lowest BCUT2D eigenvalue weighted by Gasteiger charge is -2.05. The molecule has 0 saturated heterocycles. The molecule has 0 aliphatic rings. The number of nitrogens with two attached hydrogens (primary N) is 1. The molecule has 0 aliphatic carbocycles. The fraction of sp³-hybridized carbons (Fsp3) is 0.385. The van der Waals surface area contributed by atoms with E-state index in [-0.39, 0.29) is 6.04 Å². The summed E-state index contributed by atoms with van der Waals surface area (Å²) in [6.07, 6.45) is 0.620. The smallest absolute Gasteiger partial charge is 0.231 e. The van der Waals surface area contributed by atoms with Crippen LogP contribution in [0, 0.1) is 0 Å². The van der Waals surface area contributed by atoms with Crippen LogP contribution in [0.5, 0.6) is 0 Å². The van der Waals surface area contributed by atoms with Crippen molar-refractivity contribution in [1.82, 2.24) is 10.1 Å². The second-order valence-corrected chi connectivity index (χ2v) is 3.97. The Morgan fingerprint density at radius 3 is 2.83 bits per heavy atom. The van der Waals surface area contributed by atoms with Crippen LogP contribution < -0.4 is 5.73 Å². The van der Waals surface area contributed by atoms with Gasteiger partial charge in [-0.15, -0.1) is 0 Å². The van der Waals surface area contributed by atoms with E-state index in [9.17, 15) is 0 Å². The highest BCUT2D eigenvalue weighted by Crippen LogP contribution is 2.10. The van der Waals surface area contributed by atoms with Crippen molar-refractivity contribution in [2.45, 2.75) is 19.4 Å². The number of rotatable bonds is 6. The number of benzene rings is 1. The highest BCUT2D eigenvalue weighted by Gasteiger charge is 2.14. The first kappa shape index (κ1) is 12.7. The third kappa shape index (κ3) is 3.38. The highest BCUT2D eigenvalue weighted by molar-refractivity contribution is 5.18. The lowest BCUT2D eigenvalue weighted by Crippen LogP contribution is -2.18. The van der Waals surface area contributed by atoms with Crippen LogP contribution in [0.2, 0.25) is 0 Å². The molecule has 0 amide bonds. The van der Waals surface area contributed by atoms with Crippen LogP contribution in [0.15, 0.2) is 34.9 Å². The SMILES string of the molecule is CCOCC(N)c1noc(Cc2ccccc2)n1. The first-order chi connectivity index (χ1) is 8.79. The van der Waals surface area contributed by atoms with Crippen LogP contribution in [0.1, 0.15) is 30.2 Å². The summed E-state index contributed by atoms with van der Waals surface area (Å²) >= 11 is 0. The molecule has 2 aromatic rings. The first-order valence-corrected chi connectivity index (χ1v) is 5.99. The van der Waals surface area contributed by atoms with Gasteiger partial charge in [0, 0.05) is 6.61 Å². The summed E-state index contributed by atoms with van der Waals surface area (Å²) < 4.78 is 10.4. The van der Waals surface area contributed by atoms with Gasteiger partial charge in [-0.25, -0.2) is 0 Å². The average Bonchev–Trinajstić information content (AvgIpc) is 2.86. The summed E-state index contributed by atoms with van der Waals surface area (Å²) in [6, 6.07) is 9.63. The minimum absolute atomic E-state index is 0.335. The topological polar surface area (TPSA) is 74.2 Å². The number of ether oxygens (including phenoxy) is 1. The Morgan fingerprint density at radius 2 is 2.11 bits per heavy atom. The maximum atomic E-state index is 5.88. The molecule has 2 rings (SSSR count). The molecule has 5 heteroatoms. The highest BCUT2D eigenvalue weighted by atomic mass is 16.5. The Balaban J connectivity index is 1.98. The fourth-order valence-electron chi connectivity index (χ4n) is 1.58. The predicted octanol–water partition coefficient (Wildman–Crippen LogP) is 1.70. The lowest BCUT2D eigenvalue weighted by atomic mass is 10.1. The zero-order valence-electron chi connectivity index (χ0n) is 10.4. The summed E-state index contributed by atoms with van der Waals surface area (Å²) in [5, 5.41) is 3.87. The van der Waals surface area contributed by atoms with E-state index in [0.717, 1.165) is 5.56 Å². The molecule has 1 unspecified atom stereocenters. The van der Waals surface area contributed by atoms with Crippen molar-refractivity contribution in [1.29, 1.82) is 0 Å². The van der Waals surface area contributed by atoms with Gasteiger partial charge >= 0.3 is 0 Å². The summed E-state index contributed by atoms with van der Waals surface area (Å²) in [5.41, 5.74) is 7.01. The molecule has 1 aromatic carbocycles. The molecule has 0 spiro atoms. The van der Waals surface area contributed by atoms with Gasteiger partial charge in [-0.05, 0) is 12.5 Å². The number of nitrogens with zero attached hydrogens (tertiary/aromatic N) is 2. The maximum absolute atomic E-state index is 5.88. The van der Waals surface area contributed by atoms with E-state index in [0.29, 0.717) is 31.3 Å². The van der Waals surface area contributed by atoms with Gasteiger partial charge in [0.15, 0.2) is 5.82 Å². The monoisotopic (exact) mass is 247 g/mol. The van der Waals surface area contributed by atoms with Gasteiger partial charge in [-0.2, -0.15) is 4.98 Å². The molecular weight excluding hydrogens is 230 g/mol. The van der Waals surface area contributed by atoms with Gasteiger partial charge in [-0.3, -0.25) is 0 Å². The van der Waals surface area contributed by atoms with Gasteiger partial charge in [0.1, 0.15) is 0 Å². The molecule has 5 nitrogen and oxygen atoms in total. The molecule has 1 atom stereocenters. The largest absolute Gasteiger partial charge is 0.380 e. The predicted molar refractivity (Wildman–Crippen MR) is 67.0 cm³/mol. The van der Waals surface area contributed by atoms with Gasteiger partial charge in [0.2, 0.25) is 5.89 Å². The second kappa shape index (κ2) is 6.28. The lowest BCUT2D eigenvalue weighted by molar-refractivity contribution is 0.130. The van der Waals surface area contributed by atoms with Crippen molar-refractivity contribution in [3.05, 3.63) is 47.6 Å². The van der Waals surface area contributed by atoms with Crippen molar-refractivity contribution in [2.24, 2.45) is 5.73 Å². The molecule has 18 heavy (non-hydrogen) atoms. The standard InChI is InChI=1S/C13H17N3O2/c1-2-17-9-11(14)13-15-12(18-16-13)8-10-6-4-3-5-7-10/h3-7,11H,2,8-9,14H2,1H3. The third-order valence-corrected chi connectivity index (χ3v) is 2.52. The van der Waals surface area contributed by atoms with Gasteiger partial charge < -0.3 is 15.0 Å². The van der Waals surface area contributed by atoms with Crippen molar-refractivity contribution < 1.29 is 9.26 Å². The summed E-state index contributed by atoms with van der Waals surface area (Å²) in [7, 11) is 0. The molecule has 1 aromatic heterocycles. The third-order valence-electron chi connectivity index (χ3n) is 2.52. The molecule has 1 heterocycles. The summed E-state index contributed by atoms with van der Waals surface area (Å²) in [4.78, 5) is 4.28. The van der Waals surface area contributed by atoms with Crippen LogP contribution in [0.4, 0.5) is 0 Å². The van der Waals surface area contributed by atoms with Crippen LogP contribution >= 0.6 is 0 Å². The molecule has 2 N–H and O–H groups in total.